The zero-order valence-electron chi connectivity index (χ0n) is 13.8. The molecular formula is C18H13BrClNO3S2. The van der Waals surface area contributed by atoms with E-state index < -0.39 is 0 Å². The third-order valence-corrected chi connectivity index (χ3v) is 5.88. The van der Waals surface area contributed by atoms with Crippen LogP contribution in [0.3, 0.4) is 0 Å². The monoisotopic (exact) mass is 469 g/mol. The highest BCUT2D eigenvalue weighted by atomic mass is 79.9. The van der Waals surface area contributed by atoms with Crippen LogP contribution in [0.4, 0.5) is 5.69 Å². The van der Waals surface area contributed by atoms with Crippen molar-refractivity contribution in [3.05, 3.63) is 56.4 Å². The van der Waals surface area contributed by atoms with E-state index in [1.165, 1.54) is 23.8 Å². The van der Waals surface area contributed by atoms with Gasteiger partial charge in [0.25, 0.3) is 5.91 Å². The van der Waals surface area contributed by atoms with E-state index in [-0.39, 0.29) is 5.91 Å². The molecule has 2 aromatic rings. The number of methoxy groups -OCH3 is 2. The number of thiocarbonyl (C=S) groups is 1. The number of anilines is 1. The summed E-state index contributed by atoms with van der Waals surface area (Å²) in [5, 5.41) is 0.419. The van der Waals surface area contributed by atoms with E-state index in [4.69, 9.17) is 33.3 Å². The summed E-state index contributed by atoms with van der Waals surface area (Å²) in [6.45, 7) is 0. The van der Waals surface area contributed by atoms with Gasteiger partial charge in [-0.1, -0.05) is 41.6 Å². The third-order valence-electron chi connectivity index (χ3n) is 3.66. The second kappa shape index (κ2) is 8.00. The smallest absolute Gasteiger partial charge is 0.270 e. The van der Waals surface area contributed by atoms with Gasteiger partial charge in [0.15, 0.2) is 4.32 Å². The number of nitrogens with zero attached hydrogens (tertiary/aromatic N) is 1. The van der Waals surface area contributed by atoms with E-state index in [1.807, 2.05) is 18.2 Å². The average molecular weight is 471 g/mol. The van der Waals surface area contributed by atoms with Crippen LogP contribution >= 0.6 is 51.5 Å². The summed E-state index contributed by atoms with van der Waals surface area (Å²) in [5.41, 5.74) is 1.48. The Hall–Kier alpha value is -1.54. The normalized spacial score (nSPS) is 15.7. The highest BCUT2D eigenvalue weighted by Crippen LogP contribution is 2.39. The minimum atomic E-state index is -0.187. The lowest BCUT2D eigenvalue weighted by Gasteiger charge is -2.15. The Morgan fingerprint density at radius 1 is 1.15 bits per heavy atom. The second-order valence-corrected chi connectivity index (χ2v) is 8.17. The Morgan fingerprint density at radius 3 is 2.46 bits per heavy atom. The van der Waals surface area contributed by atoms with Crippen molar-refractivity contribution < 1.29 is 14.3 Å². The summed E-state index contributed by atoms with van der Waals surface area (Å²) in [4.78, 5) is 14.8. The Kier molecular flexibility index (Phi) is 5.92. The highest BCUT2D eigenvalue weighted by Gasteiger charge is 2.33. The predicted octanol–water partition coefficient (Wildman–Crippen LogP) is 5.53. The molecule has 4 nitrogen and oxygen atoms in total. The minimum Gasteiger partial charge on any atom is -0.496 e. The van der Waals surface area contributed by atoms with Gasteiger partial charge >= 0.3 is 0 Å². The Morgan fingerprint density at radius 2 is 1.85 bits per heavy atom. The third kappa shape index (κ3) is 3.76. The molecule has 2 aromatic carbocycles. The molecule has 1 heterocycles. The Labute approximate surface area is 174 Å². The lowest BCUT2D eigenvalue weighted by atomic mass is 10.2. The van der Waals surface area contributed by atoms with Crippen LogP contribution in [0.5, 0.6) is 11.5 Å². The number of ether oxygens (including phenoxy) is 2. The van der Waals surface area contributed by atoms with Crippen molar-refractivity contribution in [3.63, 3.8) is 0 Å². The van der Waals surface area contributed by atoms with Gasteiger partial charge in [-0.3, -0.25) is 9.69 Å². The molecule has 0 saturated carbocycles. The van der Waals surface area contributed by atoms with E-state index in [0.29, 0.717) is 25.7 Å². The molecule has 0 aliphatic carbocycles. The number of thioether (sulfide) groups is 1. The average Bonchev–Trinajstić information content (AvgIpc) is 2.88. The Bertz CT molecular complexity index is 933. The molecule has 0 unspecified atom stereocenters. The van der Waals surface area contributed by atoms with Gasteiger partial charge < -0.3 is 9.47 Å². The Balaban J connectivity index is 1.91. The molecule has 0 N–H and O–H groups in total. The molecular weight excluding hydrogens is 458 g/mol. The standard InChI is InChI=1S/C18H13BrClNO3S2/c1-23-14-5-3-10(7-12(14)19)8-16-17(22)21(18(25)26-16)11-4-6-15(24-2)13(20)9-11/h3-9H,1-2H3/b16-8+. The van der Waals surface area contributed by atoms with Crippen molar-refractivity contribution in [3.8, 4) is 11.5 Å². The van der Waals surface area contributed by atoms with Crippen molar-refractivity contribution in [2.75, 3.05) is 19.1 Å². The van der Waals surface area contributed by atoms with Gasteiger partial charge in [0.2, 0.25) is 0 Å². The van der Waals surface area contributed by atoms with Crippen LogP contribution in [0, 0.1) is 0 Å². The second-order valence-electron chi connectivity index (χ2n) is 5.23. The zero-order chi connectivity index (χ0) is 18.8. The van der Waals surface area contributed by atoms with E-state index >= 15 is 0 Å². The molecule has 0 spiro atoms. The minimum absolute atomic E-state index is 0.187. The van der Waals surface area contributed by atoms with Crippen LogP contribution in [-0.2, 0) is 4.79 Å². The van der Waals surface area contributed by atoms with Crippen LogP contribution < -0.4 is 14.4 Å². The maximum absolute atomic E-state index is 12.8. The summed E-state index contributed by atoms with van der Waals surface area (Å²) in [5.74, 6) is 1.08. The molecule has 1 aliphatic heterocycles. The molecule has 1 saturated heterocycles. The highest BCUT2D eigenvalue weighted by molar-refractivity contribution is 9.10. The number of hydrogen-bond donors (Lipinski definition) is 0. The number of benzene rings is 2. The topological polar surface area (TPSA) is 38.8 Å². The van der Waals surface area contributed by atoms with Crippen LogP contribution in [0.25, 0.3) is 6.08 Å². The van der Waals surface area contributed by atoms with Gasteiger partial charge in [-0.15, -0.1) is 0 Å². The zero-order valence-corrected chi connectivity index (χ0v) is 17.8. The fourth-order valence-electron chi connectivity index (χ4n) is 2.41. The van der Waals surface area contributed by atoms with Gasteiger partial charge in [0.1, 0.15) is 11.5 Å². The first-order valence-corrected chi connectivity index (χ1v) is 9.79. The largest absolute Gasteiger partial charge is 0.496 e. The lowest BCUT2D eigenvalue weighted by molar-refractivity contribution is -0.113. The van der Waals surface area contributed by atoms with Crippen LogP contribution in [0.15, 0.2) is 45.8 Å². The number of halogens is 2. The van der Waals surface area contributed by atoms with Gasteiger partial charge in [-0.2, -0.15) is 0 Å². The first-order valence-electron chi connectivity index (χ1n) is 7.39. The summed E-state index contributed by atoms with van der Waals surface area (Å²) < 4.78 is 11.6. The fraction of sp³-hybridized carbons (Fsp3) is 0.111. The summed E-state index contributed by atoms with van der Waals surface area (Å²) in [7, 11) is 3.14. The quantitative estimate of drug-likeness (QED) is 0.434. The maximum atomic E-state index is 12.8. The first-order chi connectivity index (χ1) is 12.4. The maximum Gasteiger partial charge on any atom is 0.270 e. The lowest BCUT2D eigenvalue weighted by Crippen LogP contribution is -2.27. The van der Waals surface area contributed by atoms with E-state index in [0.717, 1.165) is 15.8 Å². The number of hydrogen-bond acceptors (Lipinski definition) is 5. The molecule has 0 aromatic heterocycles. The van der Waals surface area contributed by atoms with Gasteiger partial charge in [0.05, 0.1) is 34.3 Å². The number of rotatable bonds is 4. The van der Waals surface area contributed by atoms with Crippen molar-refractivity contribution >= 4 is 73.5 Å². The molecule has 134 valence electrons. The molecule has 1 aliphatic rings. The molecule has 1 fully saturated rings. The SMILES string of the molecule is COc1ccc(N2C(=O)/C(=C\c3ccc(OC)c(Br)c3)SC2=S)cc1Cl. The molecule has 1 amide bonds. The molecule has 0 atom stereocenters. The molecule has 8 heteroatoms. The summed E-state index contributed by atoms with van der Waals surface area (Å²) >= 11 is 16.3. The first kappa shape index (κ1) is 19.2. The van der Waals surface area contributed by atoms with Crippen molar-refractivity contribution in [2.45, 2.75) is 0 Å². The number of carbonyl (C=O) groups excluding carboxylic acids is 1. The van der Waals surface area contributed by atoms with Crippen LogP contribution in [0.1, 0.15) is 5.56 Å². The number of amides is 1. The van der Waals surface area contributed by atoms with Crippen molar-refractivity contribution in [2.24, 2.45) is 0 Å². The van der Waals surface area contributed by atoms with Crippen molar-refractivity contribution in [1.82, 2.24) is 0 Å². The molecule has 26 heavy (non-hydrogen) atoms. The van der Waals surface area contributed by atoms with E-state index in [2.05, 4.69) is 15.9 Å². The van der Waals surface area contributed by atoms with Crippen molar-refractivity contribution in [1.29, 1.82) is 0 Å². The van der Waals surface area contributed by atoms with Gasteiger partial charge in [-0.05, 0) is 57.9 Å². The summed E-state index contributed by atoms with van der Waals surface area (Å²) in [6.07, 6.45) is 1.80. The van der Waals surface area contributed by atoms with E-state index in [1.54, 1.807) is 31.4 Å². The summed E-state index contributed by atoms with van der Waals surface area (Å²) in [6, 6.07) is 10.7. The van der Waals surface area contributed by atoms with Crippen LogP contribution in [-0.4, -0.2) is 24.4 Å². The molecule has 3 rings (SSSR count). The van der Waals surface area contributed by atoms with Crippen LogP contribution in [0.2, 0.25) is 5.02 Å². The number of carbonyl (C=O) groups is 1. The van der Waals surface area contributed by atoms with Gasteiger partial charge in [0, 0.05) is 0 Å². The molecule has 0 bridgehead atoms. The predicted molar refractivity (Wildman–Crippen MR) is 114 cm³/mol. The fourth-order valence-corrected chi connectivity index (χ4v) is 4.52. The molecule has 0 radical (unpaired) electrons. The van der Waals surface area contributed by atoms with Gasteiger partial charge in [-0.25, -0.2) is 0 Å². The van der Waals surface area contributed by atoms with E-state index in [9.17, 15) is 4.79 Å².